The van der Waals surface area contributed by atoms with Gasteiger partial charge in [0.15, 0.2) is 0 Å². The van der Waals surface area contributed by atoms with Gasteiger partial charge in [-0.25, -0.2) is 0 Å². The molecule has 1 aromatic carbocycles. The molecule has 2 fully saturated rings. The van der Waals surface area contributed by atoms with Crippen molar-refractivity contribution < 1.29 is 19.8 Å². The zero-order valence-corrected chi connectivity index (χ0v) is 10.5. The van der Waals surface area contributed by atoms with Crippen molar-refractivity contribution in [2.45, 2.75) is 19.3 Å². The molecule has 0 aliphatic heterocycles. The molecule has 2 aliphatic carbocycles. The molecule has 3 rings (SSSR count). The number of benzene rings is 1. The number of rotatable bonds is 4. The van der Waals surface area contributed by atoms with Crippen LogP contribution in [0.5, 0.6) is 0 Å². The van der Waals surface area contributed by atoms with Crippen LogP contribution in [0.3, 0.4) is 0 Å². The molecule has 4 nitrogen and oxygen atoms in total. The Bertz CT molecular complexity index is 524. The number of carboxylic acids is 2. The van der Waals surface area contributed by atoms with Crippen LogP contribution in [-0.2, 0) is 16.0 Å². The Hall–Kier alpha value is -1.84. The van der Waals surface area contributed by atoms with Crippen LogP contribution < -0.4 is 0 Å². The van der Waals surface area contributed by atoms with Crippen molar-refractivity contribution in [1.29, 1.82) is 0 Å². The molecule has 0 spiro atoms. The fraction of sp³-hybridized carbons (Fsp3) is 0.467. The standard InChI is InChI=1S/C15H16O4/c16-13(17)11-10-6-7-15(12(10)11,14(18)19)8-9-4-2-1-3-5-9/h1-5,10-12H,6-8H2,(H,16,17)(H,18,19). The summed E-state index contributed by atoms with van der Waals surface area (Å²) in [7, 11) is 0. The molecule has 0 aromatic heterocycles. The normalized spacial score (nSPS) is 35.7. The molecular formula is C15H16O4. The zero-order chi connectivity index (χ0) is 13.6. The summed E-state index contributed by atoms with van der Waals surface area (Å²) < 4.78 is 0. The van der Waals surface area contributed by atoms with Crippen LogP contribution in [0, 0.1) is 23.2 Å². The van der Waals surface area contributed by atoms with E-state index in [1.807, 2.05) is 30.3 Å². The highest BCUT2D eigenvalue weighted by Crippen LogP contribution is 2.67. The predicted molar refractivity (Wildman–Crippen MR) is 67.6 cm³/mol. The number of carboxylic acid groups (broad SMARTS) is 2. The van der Waals surface area contributed by atoms with Crippen molar-refractivity contribution in [1.82, 2.24) is 0 Å². The first-order chi connectivity index (χ1) is 9.06. The van der Waals surface area contributed by atoms with Gasteiger partial charge in [0.2, 0.25) is 0 Å². The van der Waals surface area contributed by atoms with E-state index in [2.05, 4.69) is 0 Å². The van der Waals surface area contributed by atoms with Crippen LogP contribution in [0.15, 0.2) is 30.3 Å². The molecule has 2 N–H and O–H groups in total. The van der Waals surface area contributed by atoms with Gasteiger partial charge in [0.1, 0.15) is 0 Å². The molecule has 4 heteroatoms. The minimum absolute atomic E-state index is 0.0670. The van der Waals surface area contributed by atoms with Crippen LogP contribution in [0.25, 0.3) is 0 Å². The predicted octanol–water partition coefficient (Wildman–Crippen LogP) is 2.04. The molecule has 0 radical (unpaired) electrons. The monoisotopic (exact) mass is 260 g/mol. The van der Waals surface area contributed by atoms with Gasteiger partial charge >= 0.3 is 11.9 Å². The lowest BCUT2D eigenvalue weighted by atomic mass is 9.75. The Balaban J connectivity index is 1.89. The van der Waals surface area contributed by atoms with E-state index >= 15 is 0 Å². The van der Waals surface area contributed by atoms with Crippen molar-refractivity contribution in [2.75, 3.05) is 0 Å². The third-order valence-corrected chi connectivity index (χ3v) is 4.80. The van der Waals surface area contributed by atoms with Crippen LogP contribution in [0.4, 0.5) is 0 Å². The molecule has 0 bridgehead atoms. The van der Waals surface area contributed by atoms with Crippen LogP contribution in [0.1, 0.15) is 18.4 Å². The van der Waals surface area contributed by atoms with E-state index < -0.39 is 23.3 Å². The maximum absolute atomic E-state index is 11.7. The minimum Gasteiger partial charge on any atom is -0.481 e. The van der Waals surface area contributed by atoms with Crippen molar-refractivity contribution in [3.8, 4) is 0 Å². The van der Waals surface area contributed by atoms with Gasteiger partial charge in [-0.3, -0.25) is 9.59 Å². The van der Waals surface area contributed by atoms with Gasteiger partial charge in [-0.1, -0.05) is 30.3 Å². The van der Waals surface area contributed by atoms with Gasteiger partial charge in [-0.2, -0.15) is 0 Å². The van der Waals surface area contributed by atoms with Crippen molar-refractivity contribution in [3.63, 3.8) is 0 Å². The average molecular weight is 260 g/mol. The second-order valence-electron chi connectivity index (χ2n) is 5.72. The molecule has 100 valence electrons. The smallest absolute Gasteiger partial charge is 0.310 e. The molecule has 0 heterocycles. The van der Waals surface area contributed by atoms with E-state index in [1.54, 1.807) is 0 Å². The molecule has 4 unspecified atom stereocenters. The highest BCUT2D eigenvalue weighted by Gasteiger charge is 2.70. The maximum atomic E-state index is 11.7. The zero-order valence-electron chi connectivity index (χ0n) is 10.5. The van der Waals surface area contributed by atoms with Gasteiger partial charge in [-0.15, -0.1) is 0 Å². The summed E-state index contributed by atoms with van der Waals surface area (Å²) in [5.41, 5.74) is 0.0938. The van der Waals surface area contributed by atoms with E-state index in [-0.39, 0.29) is 11.8 Å². The molecular weight excluding hydrogens is 244 g/mol. The third kappa shape index (κ3) is 1.74. The first-order valence-electron chi connectivity index (χ1n) is 6.56. The first kappa shape index (κ1) is 12.2. The lowest BCUT2D eigenvalue weighted by Crippen LogP contribution is -2.35. The third-order valence-electron chi connectivity index (χ3n) is 4.80. The highest BCUT2D eigenvalue weighted by molar-refractivity contribution is 5.82. The first-order valence-corrected chi connectivity index (χ1v) is 6.56. The van der Waals surface area contributed by atoms with E-state index in [0.29, 0.717) is 12.8 Å². The molecule has 4 atom stereocenters. The Morgan fingerprint density at radius 2 is 1.89 bits per heavy atom. The van der Waals surface area contributed by atoms with Gasteiger partial charge in [0.25, 0.3) is 0 Å². The van der Waals surface area contributed by atoms with Crippen LogP contribution in [0.2, 0.25) is 0 Å². The number of hydrogen-bond donors (Lipinski definition) is 2. The summed E-state index contributed by atoms with van der Waals surface area (Å²) in [6.07, 6.45) is 1.76. The topological polar surface area (TPSA) is 74.6 Å². The number of hydrogen-bond acceptors (Lipinski definition) is 2. The SMILES string of the molecule is O=C(O)C1C2CCC(Cc3ccccc3)(C(=O)O)C21. The Morgan fingerprint density at radius 1 is 1.21 bits per heavy atom. The highest BCUT2D eigenvalue weighted by atomic mass is 16.4. The summed E-state index contributed by atoms with van der Waals surface area (Å²) in [6.45, 7) is 0. The molecule has 2 aliphatic rings. The van der Waals surface area contributed by atoms with Gasteiger partial charge in [0.05, 0.1) is 11.3 Å². The fourth-order valence-corrected chi connectivity index (χ4v) is 3.91. The van der Waals surface area contributed by atoms with Crippen molar-refractivity contribution in [3.05, 3.63) is 35.9 Å². The lowest BCUT2D eigenvalue weighted by molar-refractivity contribution is -0.151. The summed E-state index contributed by atoms with van der Waals surface area (Å²) in [4.78, 5) is 22.9. The molecule has 0 saturated heterocycles. The molecule has 2 saturated carbocycles. The largest absolute Gasteiger partial charge is 0.481 e. The Kier molecular flexibility index (Phi) is 2.62. The van der Waals surface area contributed by atoms with Gasteiger partial charge in [0, 0.05) is 0 Å². The minimum atomic E-state index is -0.880. The van der Waals surface area contributed by atoms with Crippen molar-refractivity contribution >= 4 is 11.9 Å². The molecule has 1 aromatic rings. The fourth-order valence-electron chi connectivity index (χ4n) is 3.91. The van der Waals surface area contributed by atoms with Gasteiger partial charge in [-0.05, 0) is 36.7 Å². The van der Waals surface area contributed by atoms with E-state index in [0.717, 1.165) is 12.0 Å². The molecule has 19 heavy (non-hydrogen) atoms. The second-order valence-corrected chi connectivity index (χ2v) is 5.72. The summed E-state index contributed by atoms with van der Waals surface area (Å²) in [6, 6.07) is 9.50. The molecule has 0 amide bonds. The average Bonchev–Trinajstić information content (AvgIpc) is 3.01. The second kappa shape index (κ2) is 4.08. The number of aliphatic carboxylic acids is 2. The van der Waals surface area contributed by atoms with E-state index in [9.17, 15) is 14.7 Å². The summed E-state index contributed by atoms with van der Waals surface area (Å²) in [5.74, 6) is -2.26. The van der Waals surface area contributed by atoms with Crippen LogP contribution >= 0.6 is 0 Å². The lowest BCUT2D eigenvalue weighted by Gasteiger charge is -2.27. The van der Waals surface area contributed by atoms with E-state index in [1.165, 1.54) is 0 Å². The van der Waals surface area contributed by atoms with E-state index in [4.69, 9.17) is 5.11 Å². The summed E-state index contributed by atoms with van der Waals surface area (Å²) in [5, 5.41) is 18.8. The Labute approximate surface area is 111 Å². The summed E-state index contributed by atoms with van der Waals surface area (Å²) >= 11 is 0. The maximum Gasteiger partial charge on any atom is 0.310 e. The Morgan fingerprint density at radius 3 is 2.42 bits per heavy atom. The number of carbonyl (C=O) groups is 2. The van der Waals surface area contributed by atoms with Gasteiger partial charge < -0.3 is 10.2 Å². The van der Waals surface area contributed by atoms with Crippen molar-refractivity contribution in [2.24, 2.45) is 23.2 Å². The quantitative estimate of drug-likeness (QED) is 0.868. The van der Waals surface area contributed by atoms with Crippen LogP contribution in [-0.4, -0.2) is 22.2 Å². The number of fused-ring (bicyclic) bond motifs is 1.